The van der Waals surface area contributed by atoms with Crippen molar-refractivity contribution in [3.8, 4) is 11.5 Å². The maximum Gasteiger partial charge on any atom is 0.234 e. The van der Waals surface area contributed by atoms with E-state index in [4.69, 9.17) is 9.72 Å². The summed E-state index contributed by atoms with van der Waals surface area (Å²) in [5, 5.41) is 0. The molecule has 4 aromatic rings. The van der Waals surface area contributed by atoms with Crippen molar-refractivity contribution >= 4 is 16.9 Å². The number of carbonyl (C=O) groups is 1. The Bertz CT molecular complexity index is 1190. The van der Waals surface area contributed by atoms with Crippen molar-refractivity contribution in [2.45, 2.75) is 24.7 Å². The SMILES string of the molecule is O=C(C1c2ccccc2Oc2ccccc21)N1CCC(c2nc3ccccc3[nH]2)CC1. The van der Waals surface area contributed by atoms with E-state index in [1.54, 1.807) is 0 Å². The van der Waals surface area contributed by atoms with Crippen LogP contribution in [0.2, 0.25) is 0 Å². The second-order valence-electron chi connectivity index (χ2n) is 8.35. The molecule has 154 valence electrons. The van der Waals surface area contributed by atoms with Crippen molar-refractivity contribution in [3.05, 3.63) is 89.7 Å². The number of carbonyl (C=O) groups excluding carboxylic acids is 1. The summed E-state index contributed by atoms with van der Waals surface area (Å²) >= 11 is 0. The molecule has 0 aliphatic carbocycles. The van der Waals surface area contributed by atoms with Crippen LogP contribution in [0.3, 0.4) is 0 Å². The number of piperidine rings is 1. The third kappa shape index (κ3) is 3.08. The van der Waals surface area contributed by atoms with E-state index < -0.39 is 0 Å². The zero-order valence-electron chi connectivity index (χ0n) is 17.1. The van der Waals surface area contributed by atoms with E-state index in [2.05, 4.69) is 11.1 Å². The zero-order chi connectivity index (χ0) is 20.8. The third-order valence-corrected chi connectivity index (χ3v) is 6.53. The van der Waals surface area contributed by atoms with Gasteiger partial charge in [0.1, 0.15) is 17.3 Å². The van der Waals surface area contributed by atoms with Crippen molar-refractivity contribution in [1.29, 1.82) is 0 Å². The highest BCUT2D eigenvalue weighted by Gasteiger charge is 2.36. The van der Waals surface area contributed by atoms with Gasteiger partial charge < -0.3 is 14.6 Å². The van der Waals surface area contributed by atoms with Gasteiger partial charge in [0.05, 0.1) is 17.0 Å². The Balaban J connectivity index is 1.25. The summed E-state index contributed by atoms with van der Waals surface area (Å²) in [5.74, 6) is 2.78. The average molecular weight is 409 g/mol. The number of benzene rings is 3. The van der Waals surface area contributed by atoms with Gasteiger partial charge >= 0.3 is 0 Å². The summed E-state index contributed by atoms with van der Waals surface area (Å²) < 4.78 is 6.07. The van der Waals surface area contributed by atoms with Crippen LogP contribution < -0.4 is 4.74 Å². The van der Waals surface area contributed by atoms with Gasteiger partial charge in [-0.05, 0) is 37.1 Å². The number of rotatable bonds is 2. The summed E-state index contributed by atoms with van der Waals surface area (Å²) in [4.78, 5) is 24.0. The Labute approximate surface area is 180 Å². The number of hydrogen-bond donors (Lipinski definition) is 1. The minimum Gasteiger partial charge on any atom is -0.457 e. The summed E-state index contributed by atoms with van der Waals surface area (Å²) in [7, 11) is 0. The maximum absolute atomic E-state index is 13.7. The van der Waals surface area contributed by atoms with Crippen molar-refractivity contribution in [2.24, 2.45) is 0 Å². The summed E-state index contributed by atoms with van der Waals surface area (Å²) in [6, 6.07) is 23.9. The zero-order valence-corrected chi connectivity index (χ0v) is 17.1. The highest BCUT2D eigenvalue weighted by Crippen LogP contribution is 2.45. The number of fused-ring (bicyclic) bond motifs is 3. The summed E-state index contributed by atoms with van der Waals surface area (Å²) in [6.07, 6.45) is 1.83. The molecule has 5 heteroatoms. The van der Waals surface area contributed by atoms with E-state index in [1.807, 2.05) is 71.6 Å². The number of imidazole rings is 1. The lowest BCUT2D eigenvalue weighted by Gasteiger charge is -2.36. The Morgan fingerprint density at radius 1 is 0.871 bits per heavy atom. The molecular formula is C26H23N3O2. The number of nitrogens with one attached hydrogen (secondary N) is 1. The molecule has 3 heterocycles. The molecule has 1 saturated heterocycles. The monoisotopic (exact) mass is 409 g/mol. The number of likely N-dealkylation sites (tertiary alicyclic amines) is 1. The fraction of sp³-hybridized carbons (Fsp3) is 0.231. The van der Waals surface area contributed by atoms with Gasteiger partial charge in [-0.25, -0.2) is 4.98 Å². The number of ether oxygens (including phenoxy) is 1. The van der Waals surface area contributed by atoms with Gasteiger partial charge in [-0.15, -0.1) is 0 Å². The molecule has 0 saturated carbocycles. The lowest BCUT2D eigenvalue weighted by atomic mass is 9.86. The average Bonchev–Trinajstić information content (AvgIpc) is 3.26. The quantitative estimate of drug-likeness (QED) is 0.495. The van der Waals surface area contributed by atoms with Crippen LogP contribution in [-0.2, 0) is 4.79 Å². The molecule has 0 bridgehead atoms. The van der Waals surface area contributed by atoms with Gasteiger partial charge in [-0.2, -0.15) is 0 Å². The van der Waals surface area contributed by atoms with E-state index in [1.165, 1.54) is 0 Å². The normalized spacial score (nSPS) is 16.6. The maximum atomic E-state index is 13.7. The van der Waals surface area contributed by atoms with Gasteiger partial charge in [0, 0.05) is 30.1 Å². The van der Waals surface area contributed by atoms with Crippen molar-refractivity contribution in [3.63, 3.8) is 0 Å². The number of nitrogens with zero attached hydrogens (tertiary/aromatic N) is 2. The molecule has 0 unspecified atom stereocenters. The minimum absolute atomic E-state index is 0.159. The Morgan fingerprint density at radius 2 is 1.48 bits per heavy atom. The smallest absolute Gasteiger partial charge is 0.234 e. The molecule has 1 amide bonds. The van der Waals surface area contributed by atoms with Crippen LogP contribution in [0.15, 0.2) is 72.8 Å². The molecule has 5 nitrogen and oxygen atoms in total. The second-order valence-corrected chi connectivity index (χ2v) is 8.35. The van der Waals surface area contributed by atoms with Crippen molar-refractivity contribution in [2.75, 3.05) is 13.1 Å². The van der Waals surface area contributed by atoms with Gasteiger partial charge in [-0.1, -0.05) is 48.5 Å². The number of amides is 1. The predicted octanol–water partition coefficient (Wildman–Crippen LogP) is 5.21. The van der Waals surface area contributed by atoms with Gasteiger partial charge in [0.25, 0.3) is 0 Å². The molecule has 1 aromatic heterocycles. The standard InChI is InChI=1S/C26H23N3O2/c30-26(24-18-7-1-5-11-22(18)31-23-12-6-2-8-19(23)24)29-15-13-17(14-16-29)25-27-20-9-3-4-10-21(20)28-25/h1-12,17,24H,13-16H2,(H,27,28). The third-order valence-electron chi connectivity index (χ3n) is 6.53. The molecule has 31 heavy (non-hydrogen) atoms. The van der Waals surface area contributed by atoms with E-state index >= 15 is 0 Å². The van der Waals surface area contributed by atoms with Crippen LogP contribution in [0.1, 0.15) is 41.6 Å². The van der Waals surface area contributed by atoms with E-state index in [9.17, 15) is 4.79 Å². The minimum atomic E-state index is -0.316. The molecule has 2 aliphatic heterocycles. The fourth-order valence-electron chi connectivity index (χ4n) is 4.90. The Morgan fingerprint density at radius 3 is 2.16 bits per heavy atom. The van der Waals surface area contributed by atoms with E-state index in [0.29, 0.717) is 5.92 Å². The molecule has 6 rings (SSSR count). The number of para-hydroxylation sites is 4. The molecule has 2 aliphatic rings. The highest BCUT2D eigenvalue weighted by atomic mass is 16.5. The van der Waals surface area contributed by atoms with Gasteiger partial charge in [-0.3, -0.25) is 4.79 Å². The number of aromatic amines is 1. The molecule has 1 N–H and O–H groups in total. The highest BCUT2D eigenvalue weighted by molar-refractivity contribution is 5.89. The van der Waals surface area contributed by atoms with Crippen molar-refractivity contribution < 1.29 is 9.53 Å². The van der Waals surface area contributed by atoms with Crippen LogP contribution in [0.4, 0.5) is 0 Å². The summed E-state index contributed by atoms with van der Waals surface area (Å²) in [6.45, 7) is 1.48. The fourth-order valence-corrected chi connectivity index (χ4v) is 4.90. The lowest BCUT2D eigenvalue weighted by Crippen LogP contribution is -2.41. The topological polar surface area (TPSA) is 58.2 Å². The van der Waals surface area contributed by atoms with Gasteiger partial charge in [0.15, 0.2) is 0 Å². The first-order valence-corrected chi connectivity index (χ1v) is 10.9. The van der Waals surface area contributed by atoms with E-state index in [0.717, 1.165) is 65.4 Å². The van der Waals surface area contributed by atoms with Crippen LogP contribution in [0, 0.1) is 0 Å². The first-order chi connectivity index (χ1) is 15.3. The largest absolute Gasteiger partial charge is 0.457 e. The van der Waals surface area contributed by atoms with Crippen molar-refractivity contribution in [1.82, 2.24) is 14.9 Å². The van der Waals surface area contributed by atoms with Crippen LogP contribution in [0.5, 0.6) is 11.5 Å². The van der Waals surface area contributed by atoms with Gasteiger partial charge in [0.2, 0.25) is 5.91 Å². The van der Waals surface area contributed by atoms with Crippen LogP contribution in [0.25, 0.3) is 11.0 Å². The van der Waals surface area contributed by atoms with Crippen LogP contribution in [-0.4, -0.2) is 33.9 Å². The molecule has 0 atom stereocenters. The summed E-state index contributed by atoms with van der Waals surface area (Å²) in [5.41, 5.74) is 3.98. The Hall–Kier alpha value is -3.60. The first kappa shape index (κ1) is 18.2. The first-order valence-electron chi connectivity index (χ1n) is 10.9. The van der Waals surface area contributed by atoms with E-state index in [-0.39, 0.29) is 11.8 Å². The lowest BCUT2D eigenvalue weighted by molar-refractivity contribution is -0.133. The van der Waals surface area contributed by atoms with Crippen LogP contribution >= 0.6 is 0 Å². The molecule has 3 aromatic carbocycles. The predicted molar refractivity (Wildman–Crippen MR) is 119 cm³/mol. The molecule has 1 fully saturated rings. The second kappa shape index (κ2) is 7.27. The Kier molecular flexibility index (Phi) is 4.27. The molecular weight excluding hydrogens is 386 g/mol. The number of hydrogen-bond acceptors (Lipinski definition) is 3. The molecule has 0 spiro atoms. The molecule has 0 radical (unpaired) electrons. The number of aromatic nitrogens is 2. The number of H-pyrrole nitrogens is 1.